The van der Waals surface area contributed by atoms with E-state index in [2.05, 4.69) is 37.2 Å². The summed E-state index contributed by atoms with van der Waals surface area (Å²) in [5.41, 5.74) is 5.57. The van der Waals surface area contributed by atoms with Crippen LogP contribution in [0.5, 0.6) is 0 Å². The highest BCUT2D eigenvalue weighted by atomic mass is 16.7. The van der Waals surface area contributed by atoms with Crippen LogP contribution in [-0.2, 0) is 22.5 Å². The molecule has 22 heavy (non-hydrogen) atoms. The first-order chi connectivity index (χ1) is 10.8. The van der Waals surface area contributed by atoms with E-state index in [4.69, 9.17) is 14.0 Å². The molecule has 4 heteroatoms. The molecule has 4 nitrogen and oxygen atoms in total. The van der Waals surface area contributed by atoms with Crippen LogP contribution in [0, 0.1) is 6.92 Å². The summed E-state index contributed by atoms with van der Waals surface area (Å²) in [6.07, 6.45) is 5.89. The van der Waals surface area contributed by atoms with Crippen LogP contribution in [0.25, 0.3) is 11.3 Å². The van der Waals surface area contributed by atoms with Crippen molar-refractivity contribution in [1.82, 2.24) is 5.16 Å². The van der Waals surface area contributed by atoms with Crippen molar-refractivity contribution in [2.24, 2.45) is 0 Å². The lowest BCUT2D eigenvalue weighted by atomic mass is 9.98. The zero-order valence-corrected chi connectivity index (χ0v) is 13.3. The van der Waals surface area contributed by atoms with E-state index in [1.54, 1.807) is 6.26 Å². The Labute approximate surface area is 131 Å². The lowest BCUT2D eigenvalue weighted by Crippen LogP contribution is -2.22. The summed E-state index contributed by atoms with van der Waals surface area (Å²) in [4.78, 5) is 0. The number of aromatic nitrogens is 1. The van der Waals surface area contributed by atoms with Crippen LogP contribution in [0.4, 0.5) is 0 Å². The van der Waals surface area contributed by atoms with Crippen molar-refractivity contribution in [3.05, 3.63) is 41.2 Å². The van der Waals surface area contributed by atoms with Gasteiger partial charge in [0.05, 0.1) is 6.61 Å². The van der Waals surface area contributed by atoms with E-state index < -0.39 is 0 Å². The first-order valence-electron chi connectivity index (χ1n) is 8.05. The first-order valence-corrected chi connectivity index (χ1v) is 8.05. The van der Waals surface area contributed by atoms with Gasteiger partial charge < -0.3 is 14.0 Å². The van der Waals surface area contributed by atoms with Gasteiger partial charge in [-0.3, -0.25) is 0 Å². The van der Waals surface area contributed by atoms with E-state index in [-0.39, 0.29) is 6.29 Å². The van der Waals surface area contributed by atoms with Gasteiger partial charge in [-0.1, -0.05) is 30.3 Å². The Bertz CT molecular complexity index is 615. The van der Waals surface area contributed by atoms with Crippen LogP contribution < -0.4 is 0 Å². The molecule has 1 aromatic carbocycles. The largest absolute Gasteiger partial charge is 0.364 e. The summed E-state index contributed by atoms with van der Waals surface area (Å²) in [6, 6.07) is 6.25. The van der Waals surface area contributed by atoms with Crippen molar-refractivity contribution in [2.75, 3.05) is 6.61 Å². The van der Waals surface area contributed by atoms with Crippen LogP contribution in [-0.4, -0.2) is 18.1 Å². The summed E-state index contributed by atoms with van der Waals surface area (Å²) in [5, 5.41) is 4.17. The molecule has 0 saturated carbocycles. The van der Waals surface area contributed by atoms with Crippen molar-refractivity contribution in [3.63, 3.8) is 0 Å². The van der Waals surface area contributed by atoms with E-state index in [9.17, 15) is 0 Å². The zero-order valence-electron chi connectivity index (χ0n) is 13.3. The molecule has 0 radical (unpaired) electrons. The zero-order chi connectivity index (χ0) is 15.4. The number of rotatable bonds is 5. The molecule has 3 rings (SSSR count). The molecule has 0 N–H and O–H groups in total. The van der Waals surface area contributed by atoms with E-state index >= 15 is 0 Å². The molecule has 1 atom stereocenters. The minimum atomic E-state index is -0.0601. The van der Waals surface area contributed by atoms with Crippen molar-refractivity contribution >= 4 is 0 Å². The molecule has 2 aromatic rings. The molecule has 0 spiro atoms. The van der Waals surface area contributed by atoms with Gasteiger partial charge in [0.15, 0.2) is 6.29 Å². The average molecular weight is 301 g/mol. The van der Waals surface area contributed by atoms with Gasteiger partial charge in [-0.25, -0.2) is 0 Å². The molecule has 0 aliphatic carbocycles. The molecular weight excluding hydrogens is 278 g/mol. The predicted octanol–water partition coefficient (Wildman–Crippen LogP) is 4.26. The Hall–Kier alpha value is -1.65. The van der Waals surface area contributed by atoms with E-state index in [1.165, 1.54) is 17.5 Å². The third kappa shape index (κ3) is 3.23. The fourth-order valence-electron chi connectivity index (χ4n) is 2.85. The summed E-state index contributed by atoms with van der Waals surface area (Å²) in [6.45, 7) is 5.61. The maximum absolute atomic E-state index is 5.91. The number of hydrogen-bond acceptors (Lipinski definition) is 4. The van der Waals surface area contributed by atoms with Gasteiger partial charge in [-0.2, -0.15) is 0 Å². The van der Waals surface area contributed by atoms with Crippen molar-refractivity contribution in [1.29, 1.82) is 0 Å². The molecule has 2 heterocycles. The number of ether oxygens (including phenoxy) is 2. The number of aryl methyl sites for hydroxylation is 1. The quantitative estimate of drug-likeness (QED) is 0.828. The minimum absolute atomic E-state index is 0.0601. The monoisotopic (exact) mass is 301 g/mol. The molecule has 1 aliphatic heterocycles. The van der Waals surface area contributed by atoms with Crippen molar-refractivity contribution < 1.29 is 14.0 Å². The number of benzene rings is 1. The van der Waals surface area contributed by atoms with Gasteiger partial charge in [0.1, 0.15) is 12.0 Å². The number of hydrogen-bond donors (Lipinski definition) is 0. The molecule has 1 saturated heterocycles. The standard InChI is InChI=1S/C18H23NO3/c1-3-14-12-22-19-18(14)16-8-6-7-15(13(16)2)11-21-17-9-4-5-10-20-17/h6-8,12,17H,3-5,9-11H2,1-2H3. The molecule has 1 fully saturated rings. The van der Waals surface area contributed by atoms with Gasteiger partial charge in [0.2, 0.25) is 0 Å². The lowest BCUT2D eigenvalue weighted by Gasteiger charge is -2.23. The van der Waals surface area contributed by atoms with Crippen LogP contribution in [0.3, 0.4) is 0 Å². The summed E-state index contributed by atoms with van der Waals surface area (Å²) in [7, 11) is 0. The molecule has 0 amide bonds. The van der Waals surface area contributed by atoms with Crippen LogP contribution >= 0.6 is 0 Å². The predicted molar refractivity (Wildman–Crippen MR) is 84.4 cm³/mol. The molecule has 1 aliphatic rings. The lowest BCUT2D eigenvalue weighted by molar-refractivity contribution is -0.169. The minimum Gasteiger partial charge on any atom is -0.364 e. The second-order valence-corrected chi connectivity index (χ2v) is 5.74. The molecule has 1 aromatic heterocycles. The SMILES string of the molecule is CCc1conc1-c1cccc(COC2CCCCO2)c1C. The van der Waals surface area contributed by atoms with Crippen LogP contribution in [0.15, 0.2) is 29.0 Å². The van der Waals surface area contributed by atoms with Crippen molar-refractivity contribution in [2.45, 2.75) is 52.4 Å². The van der Waals surface area contributed by atoms with Crippen LogP contribution in [0.1, 0.15) is 42.9 Å². The normalized spacial score (nSPS) is 18.5. The molecular formula is C18H23NO3. The number of nitrogens with zero attached hydrogens (tertiary/aromatic N) is 1. The Kier molecular flexibility index (Phi) is 4.90. The maximum atomic E-state index is 5.91. The van der Waals surface area contributed by atoms with Crippen molar-refractivity contribution in [3.8, 4) is 11.3 Å². The maximum Gasteiger partial charge on any atom is 0.158 e. The van der Waals surface area contributed by atoms with Crippen LogP contribution in [0.2, 0.25) is 0 Å². The third-order valence-corrected chi connectivity index (χ3v) is 4.29. The van der Waals surface area contributed by atoms with Gasteiger partial charge in [-0.05, 0) is 43.7 Å². The molecule has 118 valence electrons. The third-order valence-electron chi connectivity index (χ3n) is 4.29. The highest BCUT2D eigenvalue weighted by Crippen LogP contribution is 2.28. The Balaban J connectivity index is 1.77. The fraction of sp³-hybridized carbons (Fsp3) is 0.500. The van der Waals surface area contributed by atoms with Gasteiger partial charge in [0.25, 0.3) is 0 Å². The molecule has 0 bridgehead atoms. The topological polar surface area (TPSA) is 44.5 Å². The van der Waals surface area contributed by atoms with E-state index in [0.29, 0.717) is 6.61 Å². The fourth-order valence-corrected chi connectivity index (χ4v) is 2.85. The van der Waals surface area contributed by atoms with E-state index in [1.807, 2.05) is 0 Å². The summed E-state index contributed by atoms with van der Waals surface area (Å²) >= 11 is 0. The highest BCUT2D eigenvalue weighted by molar-refractivity contribution is 5.67. The molecule has 1 unspecified atom stereocenters. The second kappa shape index (κ2) is 7.07. The highest BCUT2D eigenvalue weighted by Gasteiger charge is 2.16. The Morgan fingerprint density at radius 3 is 2.95 bits per heavy atom. The average Bonchev–Trinajstić information content (AvgIpc) is 3.03. The smallest absolute Gasteiger partial charge is 0.158 e. The Morgan fingerprint density at radius 2 is 2.18 bits per heavy atom. The van der Waals surface area contributed by atoms with Gasteiger partial charge in [0, 0.05) is 17.7 Å². The van der Waals surface area contributed by atoms with Gasteiger partial charge in [-0.15, -0.1) is 0 Å². The second-order valence-electron chi connectivity index (χ2n) is 5.74. The first kappa shape index (κ1) is 15.3. The summed E-state index contributed by atoms with van der Waals surface area (Å²) in [5.74, 6) is 0. The van der Waals surface area contributed by atoms with E-state index in [0.717, 1.165) is 42.7 Å². The van der Waals surface area contributed by atoms with Gasteiger partial charge >= 0.3 is 0 Å². The summed E-state index contributed by atoms with van der Waals surface area (Å²) < 4.78 is 16.7. The Morgan fingerprint density at radius 1 is 1.27 bits per heavy atom.